The van der Waals surface area contributed by atoms with Crippen LogP contribution in [-0.2, 0) is 15.9 Å². The summed E-state index contributed by atoms with van der Waals surface area (Å²) in [6.45, 7) is 9.16. The van der Waals surface area contributed by atoms with Crippen molar-refractivity contribution < 1.29 is 23.8 Å². The molecular formula is C25H31BrN2O5. The molecule has 0 N–H and O–H groups in total. The Kier molecular flexibility index (Phi) is 8.35. The molecule has 3 rings (SSSR count). The molecule has 1 aromatic heterocycles. The van der Waals surface area contributed by atoms with E-state index in [1.54, 1.807) is 36.2 Å². The summed E-state index contributed by atoms with van der Waals surface area (Å²) in [5, 5.41) is 0. The minimum atomic E-state index is -0.472. The van der Waals surface area contributed by atoms with E-state index in [-0.39, 0.29) is 12.1 Å². The highest BCUT2D eigenvalue weighted by Crippen LogP contribution is 2.31. The fourth-order valence-electron chi connectivity index (χ4n) is 3.59. The van der Waals surface area contributed by atoms with Crippen molar-refractivity contribution in [3.63, 3.8) is 0 Å². The minimum Gasteiger partial charge on any atom is -0.462 e. The number of amides is 1. The van der Waals surface area contributed by atoms with Crippen molar-refractivity contribution in [3.8, 4) is 11.5 Å². The summed E-state index contributed by atoms with van der Waals surface area (Å²) in [5.41, 5.74) is 0.984. The van der Waals surface area contributed by atoms with Gasteiger partial charge >= 0.3 is 12.1 Å². The molecular weight excluding hydrogens is 488 g/mol. The maximum absolute atomic E-state index is 12.2. The number of rotatable bonds is 6. The minimum absolute atomic E-state index is 0.234. The number of esters is 1. The van der Waals surface area contributed by atoms with E-state index in [1.807, 2.05) is 32.9 Å². The maximum Gasteiger partial charge on any atom is 0.410 e. The van der Waals surface area contributed by atoms with E-state index in [4.69, 9.17) is 14.2 Å². The first-order valence-corrected chi connectivity index (χ1v) is 12.0. The molecule has 1 aliphatic rings. The smallest absolute Gasteiger partial charge is 0.410 e. The third-order valence-electron chi connectivity index (χ3n) is 5.23. The van der Waals surface area contributed by atoms with Gasteiger partial charge in [-0.25, -0.2) is 9.59 Å². The van der Waals surface area contributed by atoms with Crippen molar-refractivity contribution >= 4 is 28.0 Å². The maximum atomic E-state index is 12.2. The Morgan fingerprint density at radius 1 is 1.15 bits per heavy atom. The SMILES string of the molecule is CCOC(=O)c1ccc(Oc2ccc(CC3CCN(C(=O)OC(C)(C)C)CC3)nc2)c(Br)c1. The van der Waals surface area contributed by atoms with Crippen LogP contribution in [0.15, 0.2) is 41.0 Å². The Balaban J connectivity index is 1.51. The van der Waals surface area contributed by atoms with Crippen molar-refractivity contribution in [2.24, 2.45) is 5.92 Å². The molecule has 178 valence electrons. The second-order valence-corrected chi connectivity index (χ2v) is 9.92. The first kappa shape index (κ1) is 25.0. The third kappa shape index (κ3) is 7.45. The van der Waals surface area contributed by atoms with E-state index < -0.39 is 5.60 Å². The highest BCUT2D eigenvalue weighted by atomic mass is 79.9. The van der Waals surface area contributed by atoms with Gasteiger partial charge in [0, 0.05) is 18.8 Å². The van der Waals surface area contributed by atoms with Crippen molar-refractivity contribution in [1.29, 1.82) is 0 Å². The van der Waals surface area contributed by atoms with Crippen molar-refractivity contribution in [3.05, 3.63) is 52.3 Å². The number of nitrogens with zero attached hydrogens (tertiary/aromatic N) is 2. The van der Waals surface area contributed by atoms with Gasteiger partial charge in [-0.05, 0) is 99.1 Å². The lowest BCUT2D eigenvalue weighted by Gasteiger charge is -2.33. The fourth-order valence-corrected chi connectivity index (χ4v) is 4.05. The molecule has 1 saturated heterocycles. The Morgan fingerprint density at radius 2 is 1.88 bits per heavy atom. The number of piperidine rings is 1. The Hall–Kier alpha value is -2.61. The number of hydrogen-bond acceptors (Lipinski definition) is 6. The Bertz CT molecular complexity index is 964. The summed E-state index contributed by atoms with van der Waals surface area (Å²) >= 11 is 3.45. The summed E-state index contributed by atoms with van der Waals surface area (Å²) in [7, 11) is 0. The fraction of sp³-hybridized carbons (Fsp3) is 0.480. The second-order valence-electron chi connectivity index (χ2n) is 9.07. The van der Waals surface area contributed by atoms with Gasteiger partial charge in [0.15, 0.2) is 0 Å². The van der Waals surface area contributed by atoms with E-state index in [1.165, 1.54) is 0 Å². The average Bonchev–Trinajstić information content (AvgIpc) is 2.76. The van der Waals surface area contributed by atoms with E-state index in [0.717, 1.165) is 25.0 Å². The van der Waals surface area contributed by atoms with E-state index in [2.05, 4.69) is 20.9 Å². The number of hydrogen-bond donors (Lipinski definition) is 0. The highest BCUT2D eigenvalue weighted by molar-refractivity contribution is 9.10. The third-order valence-corrected chi connectivity index (χ3v) is 5.85. The number of halogens is 1. The summed E-state index contributed by atoms with van der Waals surface area (Å²) in [6.07, 6.45) is 4.19. The number of carbonyl (C=O) groups is 2. The molecule has 0 atom stereocenters. The topological polar surface area (TPSA) is 78.0 Å². The molecule has 1 fully saturated rings. The molecule has 0 saturated carbocycles. The standard InChI is InChI=1S/C25H31BrN2O5/c1-5-31-23(29)18-6-9-22(21(26)15-18)32-20-8-7-19(27-16-20)14-17-10-12-28(13-11-17)24(30)33-25(2,3)4/h6-9,15-17H,5,10-14H2,1-4H3. The molecule has 1 aromatic carbocycles. The van der Waals surface area contributed by atoms with Gasteiger partial charge in [0.2, 0.25) is 0 Å². The number of benzene rings is 1. The number of carbonyl (C=O) groups excluding carboxylic acids is 2. The number of likely N-dealkylation sites (tertiary alicyclic amines) is 1. The lowest BCUT2D eigenvalue weighted by atomic mass is 9.92. The van der Waals surface area contributed by atoms with Crippen LogP contribution in [0.4, 0.5) is 4.79 Å². The van der Waals surface area contributed by atoms with Crippen LogP contribution in [0.1, 0.15) is 56.6 Å². The van der Waals surface area contributed by atoms with Crippen molar-refractivity contribution in [2.75, 3.05) is 19.7 Å². The normalized spacial score (nSPS) is 14.6. The van der Waals surface area contributed by atoms with Gasteiger partial charge < -0.3 is 19.1 Å². The average molecular weight is 519 g/mol. The molecule has 2 aromatic rings. The zero-order valence-corrected chi connectivity index (χ0v) is 21.2. The van der Waals surface area contributed by atoms with Gasteiger partial charge in [-0.1, -0.05) is 0 Å². The molecule has 8 heteroatoms. The Labute approximate surface area is 203 Å². The molecule has 0 radical (unpaired) electrons. The molecule has 1 amide bonds. The zero-order valence-electron chi connectivity index (χ0n) is 19.6. The molecule has 0 spiro atoms. The number of aromatic nitrogens is 1. The van der Waals surface area contributed by atoms with Gasteiger partial charge in [-0.15, -0.1) is 0 Å². The first-order valence-electron chi connectivity index (χ1n) is 11.2. The van der Waals surface area contributed by atoms with Crippen molar-refractivity contribution in [2.45, 2.75) is 52.6 Å². The Morgan fingerprint density at radius 3 is 2.45 bits per heavy atom. The molecule has 33 heavy (non-hydrogen) atoms. The lowest BCUT2D eigenvalue weighted by Crippen LogP contribution is -2.42. The van der Waals surface area contributed by atoms with Crippen LogP contribution in [0.25, 0.3) is 0 Å². The van der Waals surface area contributed by atoms with E-state index >= 15 is 0 Å². The van der Waals surface area contributed by atoms with Gasteiger partial charge in [0.05, 0.1) is 22.8 Å². The molecule has 0 unspecified atom stereocenters. The monoisotopic (exact) mass is 518 g/mol. The van der Waals surface area contributed by atoms with Crippen LogP contribution < -0.4 is 4.74 Å². The van der Waals surface area contributed by atoms with Gasteiger partial charge in [-0.3, -0.25) is 4.98 Å². The van der Waals surface area contributed by atoms with Crippen LogP contribution in [0, 0.1) is 5.92 Å². The van der Waals surface area contributed by atoms with Crippen LogP contribution >= 0.6 is 15.9 Å². The van der Waals surface area contributed by atoms with E-state index in [0.29, 0.717) is 47.1 Å². The molecule has 0 aliphatic carbocycles. The molecule has 7 nitrogen and oxygen atoms in total. The summed E-state index contributed by atoms with van der Waals surface area (Å²) < 4.78 is 17.1. The van der Waals surface area contributed by atoms with Crippen LogP contribution in [0.3, 0.4) is 0 Å². The van der Waals surface area contributed by atoms with Gasteiger partial charge in [0.1, 0.15) is 17.1 Å². The summed E-state index contributed by atoms with van der Waals surface area (Å²) in [4.78, 5) is 30.4. The quantitative estimate of drug-likeness (QED) is 0.436. The van der Waals surface area contributed by atoms with Gasteiger partial charge in [-0.2, -0.15) is 0 Å². The van der Waals surface area contributed by atoms with Crippen LogP contribution in [-0.4, -0.2) is 47.2 Å². The molecule has 0 bridgehead atoms. The second kappa shape index (κ2) is 11.0. The van der Waals surface area contributed by atoms with E-state index in [9.17, 15) is 9.59 Å². The number of ether oxygens (including phenoxy) is 3. The largest absolute Gasteiger partial charge is 0.462 e. The predicted octanol–water partition coefficient (Wildman–Crippen LogP) is 6.00. The summed E-state index contributed by atoms with van der Waals surface area (Å²) in [6, 6.07) is 8.94. The van der Waals surface area contributed by atoms with Crippen LogP contribution in [0.5, 0.6) is 11.5 Å². The predicted molar refractivity (Wildman–Crippen MR) is 129 cm³/mol. The molecule has 2 heterocycles. The molecule has 1 aliphatic heterocycles. The van der Waals surface area contributed by atoms with Gasteiger partial charge in [0.25, 0.3) is 0 Å². The highest BCUT2D eigenvalue weighted by Gasteiger charge is 2.27. The first-order chi connectivity index (χ1) is 15.6. The lowest BCUT2D eigenvalue weighted by molar-refractivity contribution is 0.0183. The summed E-state index contributed by atoms with van der Waals surface area (Å²) in [5.74, 6) is 1.32. The zero-order chi connectivity index (χ0) is 24.0. The number of pyridine rings is 1. The van der Waals surface area contributed by atoms with Crippen molar-refractivity contribution in [1.82, 2.24) is 9.88 Å². The van der Waals surface area contributed by atoms with Crippen LogP contribution in [0.2, 0.25) is 0 Å².